The van der Waals surface area contributed by atoms with Gasteiger partial charge in [-0.1, -0.05) is 60.3 Å². The fourth-order valence-corrected chi connectivity index (χ4v) is 3.92. The number of benzene rings is 1. The maximum absolute atomic E-state index is 11.3. The number of aromatic nitrogens is 1. The van der Waals surface area contributed by atoms with E-state index in [0.29, 0.717) is 0 Å². The van der Waals surface area contributed by atoms with E-state index in [0.717, 1.165) is 35.9 Å². The SMILES string of the molecule is CCCCCC(Br)C(Cl)C(CC(=O)O)c1cc2ccccc2[nH]1. The number of fused-ring (bicyclic) bond motifs is 1. The largest absolute Gasteiger partial charge is 0.481 e. The number of alkyl halides is 2. The van der Waals surface area contributed by atoms with Gasteiger partial charge in [-0.05, 0) is 23.9 Å². The van der Waals surface area contributed by atoms with Crippen LogP contribution in [0.3, 0.4) is 0 Å². The van der Waals surface area contributed by atoms with Crippen LogP contribution in [0.4, 0.5) is 0 Å². The fraction of sp³-hybridized carbons (Fsp3) is 0.500. The quantitative estimate of drug-likeness (QED) is 0.420. The molecule has 2 N–H and O–H groups in total. The van der Waals surface area contributed by atoms with Crippen molar-refractivity contribution >= 4 is 44.4 Å². The predicted molar refractivity (Wildman–Crippen MR) is 99.8 cm³/mol. The third kappa shape index (κ3) is 4.98. The standard InChI is InChI=1S/C18H23BrClNO2/c1-2-3-4-8-14(19)18(20)13(11-17(22)23)16-10-12-7-5-6-9-15(12)21-16/h5-7,9-10,13-14,18,21H,2-4,8,11H2,1H3,(H,22,23). The summed E-state index contributed by atoms with van der Waals surface area (Å²) < 4.78 is 0. The number of H-pyrrole nitrogens is 1. The molecule has 0 aliphatic rings. The Kier molecular flexibility index (Phi) is 6.97. The summed E-state index contributed by atoms with van der Waals surface area (Å²) in [5, 5.41) is 10.1. The Labute approximate surface area is 150 Å². The Morgan fingerprint density at radius 2 is 2.09 bits per heavy atom. The Morgan fingerprint density at radius 3 is 2.74 bits per heavy atom. The van der Waals surface area contributed by atoms with Crippen LogP contribution in [0.1, 0.15) is 50.6 Å². The van der Waals surface area contributed by atoms with E-state index < -0.39 is 5.97 Å². The van der Waals surface area contributed by atoms with Crippen LogP contribution in [-0.4, -0.2) is 26.3 Å². The molecule has 2 aromatic rings. The molecule has 0 bridgehead atoms. The number of rotatable bonds is 9. The van der Waals surface area contributed by atoms with Crippen LogP contribution in [0.15, 0.2) is 30.3 Å². The molecule has 1 aromatic carbocycles. The smallest absolute Gasteiger partial charge is 0.304 e. The molecule has 2 rings (SSSR count). The van der Waals surface area contributed by atoms with Gasteiger partial charge in [-0.3, -0.25) is 4.79 Å². The van der Waals surface area contributed by atoms with Crippen LogP contribution in [-0.2, 0) is 4.79 Å². The molecular weight excluding hydrogens is 378 g/mol. The summed E-state index contributed by atoms with van der Waals surface area (Å²) in [7, 11) is 0. The number of carboxylic acid groups (broad SMARTS) is 1. The number of hydrogen-bond acceptors (Lipinski definition) is 1. The van der Waals surface area contributed by atoms with Crippen LogP contribution in [0, 0.1) is 0 Å². The van der Waals surface area contributed by atoms with Crippen molar-refractivity contribution in [1.29, 1.82) is 0 Å². The zero-order chi connectivity index (χ0) is 16.8. The van der Waals surface area contributed by atoms with E-state index in [1.807, 2.05) is 30.3 Å². The van der Waals surface area contributed by atoms with Crippen molar-refractivity contribution < 1.29 is 9.90 Å². The highest BCUT2D eigenvalue weighted by Gasteiger charge is 2.30. The Bertz CT molecular complexity index is 610. The van der Waals surface area contributed by atoms with Gasteiger partial charge >= 0.3 is 5.97 Å². The second kappa shape index (κ2) is 8.74. The molecule has 0 saturated heterocycles. The molecule has 126 valence electrons. The average Bonchev–Trinajstić information content (AvgIpc) is 2.95. The molecule has 0 aliphatic heterocycles. The minimum absolute atomic E-state index is 0.0247. The van der Waals surface area contributed by atoms with Gasteiger partial charge in [0.15, 0.2) is 0 Å². The number of carboxylic acids is 1. The Morgan fingerprint density at radius 1 is 1.35 bits per heavy atom. The van der Waals surface area contributed by atoms with Crippen molar-refractivity contribution in [1.82, 2.24) is 4.98 Å². The van der Waals surface area contributed by atoms with E-state index in [-0.39, 0.29) is 22.5 Å². The summed E-state index contributed by atoms with van der Waals surface area (Å²) in [6.45, 7) is 2.17. The number of carbonyl (C=O) groups is 1. The van der Waals surface area contributed by atoms with Gasteiger partial charge in [-0.25, -0.2) is 0 Å². The minimum Gasteiger partial charge on any atom is -0.481 e. The van der Waals surface area contributed by atoms with E-state index in [4.69, 9.17) is 11.6 Å². The summed E-state index contributed by atoms with van der Waals surface area (Å²) in [6, 6.07) is 9.97. The third-order valence-corrected chi connectivity index (χ3v) is 6.10. The molecule has 3 atom stereocenters. The summed E-state index contributed by atoms with van der Waals surface area (Å²) in [4.78, 5) is 14.7. The summed E-state index contributed by atoms with van der Waals surface area (Å²) in [5.41, 5.74) is 1.91. The van der Waals surface area contributed by atoms with Crippen LogP contribution in [0.2, 0.25) is 0 Å². The van der Waals surface area contributed by atoms with E-state index in [1.165, 1.54) is 6.42 Å². The van der Waals surface area contributed by atoms with Gasteiger partial charge in [0, 0.05) is 22.0 Å². The third-order valence-electron chi connectivity index (χ3n) is 4.16. The molecule has 0 amide bonds. The fourth-order valence-electron chi connectivity index (χ4n) is 2.88. The highest BCUT2D eigenvalue weighted by molar-refractivity contribution is 9.09. The molecule has 0 aliphatic carbocycles. The van der Waals surface area contributed by atoms with Gasteiger partial charge in [0.1, 0.15) is 0 Å². The van der Waals surface area contributed by atoms with Gasteiger partial charge in [0.05, 0.1) is 11.8 Å². The predicted octanol–water partition coefficient (Wildman–Crippen LogP) is 5.68. The maximum atomic E-state index is 11.3. The van der Waals surface area contributed by atoms with Crippen molar-refractivity contribution in [3.63, 3.8) is 0 Å². The average molecular weight is 401 g/mol. The van der Waals surface area contributed by atoms with Crippen molar-refractivity contribution in [2.24, 2.45) is 0 Å². The van der Waals surface area contributed by atoms with Gasteiger partial charge in [-0.15, -0.1) is 11.6 Å². The number of halogens is 2. The lowest BCUT2D eigenvalue weighted by molar-refractivity contribution is -0.137. The number of hydrogen-bond donors (Lipinski definition) is 2. The highest BCUT2D eigenvalue weighted by Crippen LogP contribution is 2.35. The molecule has 0 fully saturated rings. The van der Waals surface area contributed by atoms with E-state index in [2.05, 4.69) is 27.8 Å². The monoisotopic (exact) mass is 399 g/mol. The van der Waals surface area contributed by atoms with Crippen molar-refractivity contribution in [2.75, 3.05) is 0 Å². The number of aromatic amines is 1. The lowest BCUT2D eigenvalue weighted by Gasteiger charge is -2.24. The molecule has 3 nitrogen and oxygen atoms in total. The lowest BCUT2D eigenvalue weighted by atomic mass is 9.93. The second-order valence-electron chi connectivity index (χ2n) is 5.97. The molecule has 0 saturated carbocycles. The summed E-state index contributed by atoms with van der Waals surface area (Å²) >= 11 is 10.3. The molecular formula is C18H23BrClNO2. The maximum Gasteiger partial charge on any atom is 0.304 e. The molecule has 23 heavy (non-hydrogen) atoms. The van der Waals surface area contributed by atoms with Crippen molar-refractivity contribution in [3.05, 3.63) is 36.0 Å². The zero-order valence-electron chi connectivity index (χ0n) is 13.3. The van der Waals surface area contributed by atoms with Crippen LogP contribution >= 0.6 is 27.5 Å². The first kappa shape index (κ1) is 18.3. The number of unbranched alkanes of at least 4 members (excludes halogenated alkanes) is 2. The number of para-hydroxylation sites is 1. The molecule has 3 unspecified atom stereocenters. The number of aliphatic carboxylic acids is 1. The molecule has 0 radical (unpaired) electrons. The molecule has 0 spiro atoms. The Balaban J connectivity index is 2.19. The first-order valence-corrected chi connectivity index (χ1v) is 9.45. The lowest BCUT2D eigenvalue weighted by Crippen LogP contribution is -2.25. The summed E-state index contributed by atoms with van der Waals surface area (Å²) in [5.74, 6) is -1.07. The first-order chi connectivity index (χ1) is 11.0. The highest BCUT2D eigenvalue weighted by atomic mass is 79.9. The van der Waals surface area contributed by atoms with Gasteiger partial charge < -0.3 is 10.1 Å². The van der Waals surface area contributed by atoms with Crippen molar-refractivity contribution in [3.8, 4) is 0 Å². The zero-order valence-corrected chi connectivity index (χ0v) is 15.6. The van der Waals surface area contributed by atoms with Gasteiger partial charge in [-0.2, -0.15) is 0 Å². The topological polar surface area (TPSA) is 53.1 Å². The number of nitrogens with one attached hydrogen (secondary N) is 1. The molecule has 5 heteroatoms. The van der Waals surface area contributed by atoms with Crippen molar-refractivity contribution in [2.45, 2.75) is 55.2 Å². The van der Waals surface area contributed by atoms with Crippen LogP contribution in [0.5, 0.6) is 0 Å². The molecule has 1 heterocycles. The summed E-state index contributed by atoms with van der Waals surface area (Å²) in [6.07, 6.45) is 4.41. The van der Waals surface area contributed by atoms with E-state index in [1.54, 1.807) is 0 Å². The first-order valence-electron chi connectivity index (χ1n) is 8.10. The van der Waals surface area contributed by atoms with Gasteiger partial charge in [0.2, 0.25) is 0 Å². The van der Waals surface area contributed by atoms with Crippen LogP contribution in [0.25, 0.3) is 10.9 Å². The van der Waals surface area contributed by atoms with E-state index >= 15 is 0 Å². The van der Waals surface area contributed by atoms with E-state index in [9.17, 15) is 9.90 Å². The second-order valence-corrected chi connectivity index (χ2v) is 7.65. The normalized spacial score (nSPS) is 15.4. The Hall–Kier alpha value is -1.00. The van der Waals surface area contributed by atoms with Gasteiger partial charge in [0.25, 0.3) is 0 Å². The molecule has 1 aromatic heterocycles. The van der Waals surface area contributed by atoms with Crippen LogP contribution < -0.4 is 0 Å². The minimum atomic E-state index is -0.826.